The highest BCUT2D eigenvalue weighted by Crippen LogP contribution is 2.48. The zero-order valence-electron chi connectivity index (χ0n) is 15.4. The lowest BCUT2D eigenvalue weighted by Crippen LogP contribution is -2.39. The lowest BCUT2D eigenvalue weighted by atomic mass is 9.69. The van der Waals surface area contributed by atoms with Crippen LogP contribution >= 0.6 is 11.6 Å². The number of hydrogen-bond acceptors (Lipinski definition) is 1. The average molecular weight is 386 g/mol. The molecule has 1 aliphatic heterocycles. The number of benzene rings is 3. The van der Waals surface area contributed by atoms with E-state index in [-0.39, 0.29) is 17.7 Å². The first-order valence-corrected chi connectivity index (χ1v) is 10.0. The highest BCUT2D eigenvalue weighted by Gasteiger charge is 2.41. The Morgan fingerprint density at radius 2 is 1.54 bits per heavy atom. The molecule has 1 amide bonds. The lowest BCUT2D eigenvalue weighted by Gasteiger charge is -2.38. The molecule has 2 unspecified atom stereocenters. The standard InChI is InChI=1S/C25H20ClNO/c26-19-11-6-10-18(15-19)22-21-14-13-16-7-4-5-12-20(16)24(21)27-25(28)23(22)17-8-2-1-3-9-17/h1-12,15,22-23H,13-14H2,(H,27,28). The van der Waals surface area contributed by atoms with Gasteiger partial charge < -0.3 is 5.32 Å². The Morgan fingerprint density at radius 1 is 0.786 bits per heavy atom. The number of carbonyl (C=O) groups is 1. The fraction of sp³-hybridized carbons (Fsp3) is 0.160. The molecule has 0 spiro atoms. The molecular weight excluding hydrogens is 366 g/mol. The van der Waals surface area contributed by atoms with Crippen LogP contribution in [0.15, 0.2) is 84.4 Å². The monoisotopic (exact) mass is 385 g/mol. The van der Waals surface area contributed by atoms with E-state index in [1.165, 1.54) is 11.1 Å². The second-order valence-electron chi connectivity index (χ2n) is 7.47. The summed E-state index contributed by atoms with van der Waals surface area (Å²) in [4.78, 5) is 13.3. The van der Waals surface area contributed by atoms with Gasteiger partial charge >= 0.3 is 0 Å². The molecule has 2 nitrogen and oxygen atoms in total. The van der Waals surface area contributed by atoms with Gasteiger partial charge in [-0.15, -0.1) is 0 Å². The van der Waals surface area contributed by atoms with Crippen LogP contribution in [0.3, 0.4) is 0 Å². The Bertz CT molecular complexity index is 1090. The largest absolute Gasteiger partial charge is 0.325 e. The van der Waals surface area contributed by atoms with Gasteiger partial charge in [0.15, 0.2) is 0 Å². The maximum atomic E-state index is 13.3. The number of aryl methyl sites for hydroxylation is 1. The summed E-state index contributed by atoms with van der Waals surface area (Å²) in [7, 11) is 0. The molecule has 0 bridgehead atoms. The molecule has 0 fully saturated rings. The summed E-state index contributed by atoms with van der Waals surface area (Å²) in [5.41, 5.74) is 6.87. The van der Waals surface area contributed by atoms with Crippen LogP contribution in [0, 0.1) is 0 Å². The third-order valence-corrected chi connectivity index (χ3v) is 6.11. The van der Waals surface area contributed by atoms with Crippen molar-refractivity contribution in [3.05, 3.63) is 112 Å². The summed E-state index contributed by atoms with van der Waals surface area (Å²) in [6.07, 6.45) is 1.93. The number of rotatable bonds is 2. The van der Waals surface area contributed by atoms with Crippen molar-refractivity contribution in [3.8, 4) is 0 Å². The van der Waals surface area contributed by atoms with Crippen molar-refractivity contribution in [2.75, 3.05) is 0 Å². The lowest BCUT2D eigenvalue weighted by molar-refractivity contribution is -0.122. The van der Waals surface area contributed by atoms with Crippen LogP contribution < -0.4 is 5.32 Å². The predicted molar refractivity (Wildman–Crippen MR) is 113 cm³/mol. The maximum Gasteiger partial charge on any atom is 0.232 e. The molecule has 2 aliphatic rings. The van der Waals surface area contributed by atoms with Gasteiger partial charge in [-0.2, -0.15) is 0 Å². The van der Waals surface area contributed by atoms with Crippen LogP contribution in [0.2, 0.25) is 5.02 Å². The molecule has 3 aromatic carbocycles. The zero-order chi connectivity index (χ0) is 19.1. The molecule has 138 valence electrons. The van der Waals surface area contributed by atoms with E-state index in [1.807, 2.05) is 54.6 Å². The second kappa shape index (κ2) is 6.96. The number of fused-ring (bicyclic) bond motifs is 2. The van der Waals surface area contributed by atoms with E-state index in [2.05, 4.69) is 29.6 Å². The van der Waals surface area contributed by atoms with Gasteiger partial charge in [0, 0.05) is 22.2 Å². The van der Waals surface area contributed by atoms with Crippen LogP contribution in [0.5, 0.6) is 0 Å². The van der Waals surface area contributed by atoms with Gasteiger partial charge in [-0.1, -0.05) is 78.3 Å². The number of nitrogens with one attached hydrogen (secondary N) is 1. The van der Waals surface area contributed by atoms with Crippen LogP contribution in [0.25, 0.3) is 5.70 Å². The van der Waals surface area contributed by atoms with E-state index < -0.39 is 0 Å². The molecule has 1 N–H and O–H groups in total. The minimum atomic E-state index is -0.260. The fourth-order valence-corrected chi connectivity index (χ4v) is 4.86. The van der Waals surface area contributed by atoms with Crippen molar-refractivity contribution in [2.24, 2.45) is 0 Å². The molecule has 1 aliphatic carbocycles. The molecular formula is C25H20ClNO. The zero-order valence-corrected chi connectivity index (χ0v) is 16.1. The molecule has 0 saturated carbocycles. The van der Waals surface area contributed by atoms with Crippen LogP contribution in [0.1, 0.15) is 40.5 Å². The fourth-order valence-electron chi connectivity index (χ4n) is 4.66. The Kier molecular flexibility index (Phi) is 4.29. The molecule has 3 aromatic rings. The third-order valence-electron chi connectivity index (χ3n) is 5.88. The van der Waals surface area contributed by atoms with Crippen molar-refractivity contribution < 1.29 is 4.79 Å². The summed E-state index contributed by atoms with van der Waals surface area (Å²) in [6, 6.07) is 26.4. The van der Waals surface area contributed by atoms with E-state index in [4.69, 9.17) is 11.6 Å². The van der Waals surface area contributed by atoms with E-state index in [0.29, 0.717) is 5.02 Å². The quantitative estimate of drug-likeness (QED) is 0.602. The summed E-state index contributed by atoms with van der Waals surface area (Å²) in [5, 5.41) is 3.95. The van der Waals surface area contributed by atoms with Crippen molar-refractivity contribution in [3.63, 3.8) is 0 Å². The first-order chi connectivity index (χ1) is 13.7. The smallest absolute Gasteiger partial charge is 0.232 e. The Balaban J connectivity index is 1.73. The predicted octanol–water partition coefficient (Wildman–Crippen LogP) is 5.69. The minimum absolute atomic E-state index is 0.0155. The van der Waals surface area contributed by atoms with E-state index >= 15 is 0 Å². The van der Waals surface area contributed by atoms with Crippen LogP contribution in [-0.2, 0) is 11.2 Å². The number of amides is 1. The molecule has 5 rings (SSSR count). The van der Waals surface area contributed by atoms with Crippen molar-refractivity contribution in [1.29, 1.82) is 0 Å². The molecule has 28 heavy (non-hydrogen) atoms. The molecule has 0 aromatic heterocycles. The first-order valence-electron chi connectivity index (χ1n) is 9.65. The summed E-state index contributed by atoms with van der Waals surface area (Å²) >= 11 is 6.33. The summed E-state index contributed by atoms with van der Waals surface area (Å²) in [6.45, 7) is 0. The van der Waals surface area contributed by atoms with Crippen molar-refractivity contribution >= 4 is 23.2 Å². The Hall–Kier alpha value is -2.84. The number of halogens is 1. The molecule has 0 radical (unpaired) electrons. The molecule has 1 heterocycles. The normalized spacial score (nSPS) is 21.0. The topological polar surface area (TPSA) is 29.1 Å². The highest BCUT2D eigenvalue weighted by molar-refractivity contribution is 6.30. The average Bonchev–Trinajstić information content (AvgIpc) is 2.73. The van der Waals surface area contributed by atoms with E-state index in [1.54, 1.807) is 0 Å². The third kappa shape index (κ3) is 2.85. The van der Waals surface area contributed by atoms with Gasteiger partial charge in [0.25, 0.3) is 0 Å². The highest BCUT2D eigenvalue weighted by atomic mass is 35.5. The molecule has 2 atom stereocenters. The van der Waals surface area contributed by atoms with Gasteiger partial charge in [0.1, 0.15) is 0 Å². The van der Waals surface area contributed by atoms with E-state index in [9.17, 15) is 4.79 Å². The van der Waals surface area contributed by atoms with Gasteiger partial charge in [-0.25, -0.2) is 0 Å². The van der Waals surface area contributed by atoms with Crippen molar-refractivity contribution in [1.82, 2.24) is 5.32 Å². The number of hydrogen-bond donors (Lipinski definition) is 1. The number of carbonyl (C=O) groups excluding carboxylic acids is 1. The van der Waals surface area contributed by atoms with Crippen molar-refractivity contribution in [2.45, 2.75) is 24.7 Å². The molecule has 3 heteroatoms. The van der Waals surface area contributed by atoms with Crippen LogP contribution in [-0.4, -0.2) is 5.91 Å². The van der Waals surface area contributed by atoms with Crippen LogP contribution in [0.4, 0.5) is 0 Å². The van der Waals surface area contributed by atoms with Gasteiger partial charge in [0.2, 0.25) is 5.91 Å². The SMILES string of the molecule is O=C1NC2=C(CCc3ccccc32)C(c2cccc(Cl)c2)C1c1ccccc1. The second-order valence-corrected chi connectivity index (χ2v) is 7.90. The van der Waals surface area contributed by atoms with Gasteiger partial charge in [0.05, 0.1) is 5.92 Å². The van der Waals surface area contributed by atoms with E-state index in [0.717, 1.165) is 35.2 Å². The summed E-state index contributed by atoms with van der Waals surface area (Å²) in [5.74, 6) is -0.228. The Labute approximate surface area is 169 Å². The van der Waals surface area contributed by atoms with Gasteiger partial charge in [-0.05, 0) is 47.2 Å². The Morgan fingerprint density at radius 3 is 2.36 bits per heavy atom. The van der Waals surface area contributed by atoms with Gasteiger partial charge in [-0.3, -0.25) is 4.79 Å². The maximum absolute atomic E-state index is 13.3. The first kappa shape index (κ1) is 17.3. The molecule has 0 saturated heterocycles. The summed E-state index contributed by atoms with van der Waals surface area (Å²) < 4.78 is 0. The minimum Gasteiger partial charge on any atom is -0.325 e. The number of allylic oxidation sites excluding steroid dienone is 1.